The molecule has 0 heterocycles. The van der Waals surface area contributed by atoms with Crippen LogP contribution in [0.2, 0.25) is 0 Å². The van der Waals surface area contributed by atoms with Crippen LogP contribution >= 0.6 is 0 Å². The molecular formula is C17H25N3O4. The van der Waals surface area contributed by atoms with Gasteiger partial charge in [-0.2, -0.15) is 0 Å². The highest BCUT2D eigenvalue weighted by atomic mass is 16.6. The molecule has 1 rings (SSSR count). The summed E-state index contributed by atoms with van der Waals surface area (Å²) in [4.78, 5) is 35.7. The number of nitro groups is 1. The van der Waals surface area contributed by atoms with Crippen LogP contribution < -0.4 is 5.32 Å². The van der Waals surface area contributed by atoms with E-state index in [-0.39, 0.29) is 30.1 Å². The van der Waals surface area contributed by atoms with Crippen LogP contribution in [0.4, 0.5) is 5.69 Å². The summed E-state index contributed by atoms with van der Waals surface area (Å²) in [6.45, 7) is 5.78. The van der Waals surface area contributed by atoms with Crippen LogP contribution in [0.1, 0.15) is 45.2 Å². The molecule has 132 valence electrons. The van der Waals surface area contributed by atoms with Crippen molar-refractivity contribution in [3.8, 4) is 0 Å². The van der Waals surface area contributed by atoms with Gasteiger partial charge in [0.05, 0.1) is 17.5 Å². The Labute approximate surface area is 142 Å². The third kappa shape index (κ3) is 5.98. The summed E-state index contributed by atoms with van der Waals surface area (Å²) >= 11 is 0. The van der Waals surface area contributed by atoms with Crippen LogP contribution in [-0.2, 0) is 9.59 Å². The summed E-state index contributed by atoms with van der Waals surface area (Å²) in [5, 5.41) is 13.5. The van der Waals surface area contributed by atoms with E-state index >= 15 is 0 Å². The second-order valence-corrected chi connectivity index (χ2v) is 6.24. The quantitative estimate of drug-likeness (QED) is 0.584. The maximum Gasteiger partial charge on any atom is 0.269 e. The molecule has 0 saturated heterocycles. The topological polar surface area (TPSA) is 92.6 Å². The molecule has 0 aliphatic rings. The van der Waals surface area contributed by atoms with Gasteiger partial charge in [0.2, 0.25) is 11.8 Å². The molecule has 0 spiro atoms. The molecule has 7 heteroatoms. The second-order valence-electron chi connectivity index (χ2n) is 6.24. The van der Waals surface area contributed by atoms with E-state index in [0.29, 0.717) is 17.9 Å². The first kappa shape index (κ1) is 19.6. The van der Waals surface area contributed by atoms with Crippen molar-refractivity contribution in [2.45, 2.75) is 39.7 Å². The molecule has 1 aromatic carbocycles. The van der Waals surface area contributed by atoms with Crippen molar-refractivity contribution in [1.82, 2.24) is 10.2 Å². The smallest absolute Gasteiger partial charge is 0.269 e. The molecule has 0 aliphatic heterocycles. The van der Waals surface area contributed by atoms with Crippen LogP contribution in [0.15, 0.2) is 24.3 Å². The number of hydrogen-bond donors (Lipinski definition) is 1. The highest BCUT2D eigenvalue weighted by Gasteiger charge is 2.19. The van der Waals surface area contributed by atoms with Gasteiger partial charge in [0.25, 0.3) is 5.69 Å². The summed E-state index contributed by atoms with van der Waals surface area (Å²) < 4.78 is 0. The van der Waals surface area contributed by atoms with Crippen molar-refractivity contribution in [3.63, 3.8) is 0 Å². The molecule has 7 nitrogen and oxygen atoms in total. The van der Waals surface area contributed by atoms with Gasteiger partial charge < -0.3 is 10.2 Å². The third-order valence-corrected chi connectivity index (χ3v) is 3.92. The van der Waals surface area contributed by atoms with Crippen molar-refractivity contribution >= 4 is 17.5 Å². The first-order valence-corrected chi connectivity index (χ1v) is 7.99. The Morgan fingerprint density at radius 3 is 2.54 bits per heavy atom. The average molecular weight is 335 g/mol. The number of benzene rings is 1. The summed E-state index contributed by atoms with van der Waals surface area (Å²) in [6, 6.07) is 5.87. The van der Waals surface area contributed by atoms with Crippen molar-refractivity contribution in [2.24, 2.45) is 5.92 Å². The largest absolute Gasteiger partial charge is 0.347 e. The first-order chi connectivity index (χ1) is 11.2. The summed E-state index contributed by atoms with van der Waals surface area (Å²) in [5.41, 5.74) is 0.661. The van der Waals surface area contributed by atoms with Gasteiger partial charge >= 0.3 is 0 Å². The second kappa shape index (κ2) is 9.00. The Balaban J connectivity index is 2.60. The van der Waals surface area contributed by atoms with Crippen LogP contribution in [0.25, 0.3) is 0 Å². The lowest BCUT2D eigenvalue weighted by Gasteiger charge is -2.25. The number of amides is 2. The van der Waals surface area contributed by atoms with E-state index in [2.05, 4.69) is 5.32 Å². The van der Waals surface area contributed by atoms with Gasteiger partial charge in [-0.3, -0.25) is 19.7 Å². The van der Waals surface area contributed by atoms with E-state index in [1.54, 1.807) is 26.1 Å². The fraction of sp³-hybridized carbons (Fsp3) is 0.529. The molecule has 0 aromatic heterocycles. The SMILES string of the molecule is CC(C)CCC(=O)NCC(=O)N(C)C(C)c1cccc([N+](=O)[O-])c1. The van der Waals surface area contributed by atoms with E-state index in [1.807, 2.05) is 13.8 Å². The monoisotopic (exact) mass is 335 g/mol. The molecular weight excluding hydrogens is 310 g/mol. The Morgan fingerprint density at radius 2 is 1.96 bits per heavy atom. The van der Waals surface area contributed by atoms with Crippen LogP contribution in [-0.4, -0.2) is 35.2 Å². The number of likely N-dealkylation sites (N-methyl/N-ethyl adjacent to an activating group) is 1. The fourth-order valence-electron chi connectivity index (χ4n) is 2.14. The van der Waals surface area contributed by atoms with E-state index in [1.165, 1.54) is 17.0 Å². The Morgan fingerprint density at radius 1 is 1.29 bits per heavy atom. The molecule has 0 aliphatic carbocycles. The maximum absolute atomic E-state index is 12.2. The zero-order valence-corrected chi connectivity index (χ0v) is 14.6. The van der Waals surface area contributed by atoms with Crippen molar-refractivity contribution in [1.29, 1.82) is 0 Å². The lowest BCUT2D eigenvalue weighted by atomic mass is 10.1. The fourth-order valence-corrected chi connectivity index (χ4v) is 2.14. The minimum atomic E-state index is -0.465. The van der Waals surface area contributed by atoms with E-state index < -0.39 is 4.92 Å². The predicted octanol–water partition coefficient (Wildman–Crippen LogP) is 2.67. The molecule has 1 aromatic rings. The molecule has 1 unspecified atom stereocenters. The predicted molar refractivity (Wildman–Crippen MR) is 91.4 cm³/mol. The van der Waals surface area contributed by atoms with E-state index in [0.717, 1.165) is 6.42 Å². The van der Waals surface area contributed by atoms with E-state index in [9.17, 15) is 19.7 Å². The summed E-state index contributed by atoms with van der Waals surface area (Å²) in [5.74, 6) is 0.0448. The first-order valence-electron chi connectivity index (χ1n) is 7.99. The van der Waals surface area contributed by atoms with Crippen molar-refractivity contribution in [3.05, 3.63) is 39.9 Å². The minimum absolute atomic E-state index is 0.0119. The standard InChI is InChI=1S/C17H25N3O4/c1-12(2)8-9-16(21)18-11-17(22)19(4)13(3)14-6-5-7-15(10-14)20(23)24/h5-7,10,12-13H,8-9,11H2,1-4H3,(H,18,21). The van der Waals surface area contributed by atoms with Gasteiger partial charge in [0, 0.05) is 25.6 Å². The van der Waals surface area contributed by atoms with E-state index in [4.69, 9.17) is 0 Å². The Kier molecular flexibility index (Phi) is 7.35. The molecule has 1 N–H and O–H groups in total. The number of carbonyl (C=O) groups excluding carboxylic acids is 2. The average Bonchev–Trinajstić information content (AvgIpc) is 2.56. The zero-order valence-electron chi connectivity index (χ0n) is 14.6. The van der Waals surface area contributed by atoms with Gasteiger partial charge in [-0.25, -0.2) is 0 Å². The number of carbonyl (C=O) groups is 2. The Bertz CT molecular complexity index is 601. The maximum atomic E-state index is 12.2. The molecule has 1 atom stereocenters. The van der Waals surface area contributed by atoms with Crippen molar-refractivity contribution in [2.75, 3.05) is 13.6 Å². The van der Waals surface area contributed by atoms with Crippen molar-refractivity contribution < 1.29 is 14.5 Å². The molecule has 0 radical (unpaired) electrons. The summed E-state index contributed by atoms with van der Waals surface area (Å²) in [6.07, 6.45) is 1.18. The normalized spacial score (nSPS) is 11.9. The molecule has 0 saturated carbocycles. The minimum Gasteiger partial charge on any atom is -0.347 e. The lowest BCUT2D eigenvalue weighted by Crippen LogP contribution is -2.39. The molecule has 24 heavy (non-hydrogen) atoms. The van der Waals surface area contributed by atoms with Crippen LogP contribution in [0.5, 0.6) is 0 Å². The number of hydrogen-bond acceptors (Lipinski definition) is 4. The van der Waals surface area contributed by atoms with Crippen LogP contribution in [0.3, 0.4) is 0 Å². The molecule has 2 amide bonds. The highest BCUT2D eigenvalue weighted by molar-refractivity contribution is 5.84. The highest BCUT2D eigenvalue weighted by Crippen LogP contribution is 2.22. The van der Waals surface area contributed by atoms with Gasteiger partial charge in [0.1, 0.15) is 0 Å². The third-order valence-electron chi connectivity index (χ3n) is 3.92. The van der Waals surface area contributed by atoms with Gasteiger partial charge in [-0.1, -0.05) is 26.0 Å². The summed E-state index contributed by atoms with van der Waals surface area (Å²) in [7, 11) is 1.62. The Hall–Kier alpha value is -2.44. The molecule has 0 fully saturated rings. The lowest BCUT2D eigenvalue weighted by molar-refractivity contribution is -0.384. The number of nitro benzene ring substituents is 1. The van der Waals surface area contributed by atoms with Gasteiger partial charge in [-0.15, -0.1) is 0 Å². The number of nitrogens with one attached hydrogen (secondary N) is 1. The number of non-ortho nitro benzene ring substituents is 1. The van der Waals surface area contributed by atoms with Crippen LogP contribution in [0, 0.1) is 16.0 Å². The van der Waals surface area contributed by atoms with Gasteiger partial charge in [0.15, 0.2) is 0 Å². The number of rotatable bonds is 8. The molecule has 0 bridgehead atoms. The zero-order chi connectivity index (χ0) is 18.3. The number of nitrogens with zero attached hydrogens (tertiary/aromatic N) is 2. The van der Waals surface area contributed by atoms with Gasteiger partial charge in [-0.05, 0) is 24.8 Å².